The summed E-state index contributed by atoms with van der Waals surface area (Å²) in [7, 11) is 0. The lowest BCUT2D eigenvalue weighted by molar-refractivity contribution is 0.0526. The summed E-state index contributed by atoms with van der Waals surface area (Å²) >= 11 is 0.813. The van der Waals surface area contributed by atoms with Crippen LogP contribution in [-0.2, 0) is 4.74 Å². The van der Waals surface area contributed by atoms with Gasteiger partial charge in [-0.05, 0) is 49.4 Å². The number of phenolic OH excluding ortho intramolecular Hbond substituents is 2. The number of benzene rings is 4. The second-order valence-corrected chi connectivity index (χ2v) is 9.52. The number of ether oxygens (including phenoxy) is 1. The second kappa shape index (κ2) is 10.2. The smallest absolute Gasteiger partial charge is 0.338 e. The third kappa shape index (κ3) is 4.48. The van der Waals surface area contributed by atoms with Crippen molar-refractivity contribution in [1.29, 1.82) is 0 Å². The molecule has 0 radical (unpaired) electrons. The minimum absolute atomic E-state index is 0.138. The normalized spacial score (nSPS) is 12.1. The van der Waals surface area contributed by atoms with E-state index in [1.807, 2.05) is 0 Å². The molecule has 39 heavy (non-hydrogen) atoms. The number of hydrogen-bond acceptors (Lipinski definition) is 8. The maximum Gasteiger partial charge on any atom is 0.338 e. The van der Waals surface area contributed by atoms with Gasteiger partial charge in [-0.15, -0.1) is 0 Å². The Morgan fingerprint density at radius 3 is 2.08 bits per heavy atom. The van der Waals surface area contributed by atoms with E-state index in [2.05, 4.69) is 5.32 Å². The summed E-state index contributed by atoms with van der Waals surface area (Å²) in [6, 6.07) is 16.3. The minimum atomic E-state index is -1.24. The Morgan fingerprint density at radius 1 is 0.846 bits per heavy atom. The Bertz CT molecular complexity index is 1670. The molecule has 0 unspecified atom stereocenters. The number of rotatable bonds is 6. The zero-order valence-electron chi connectivity index (χ0n) is 20.2. The van der Waals surface area contributed by atoms with Crippen LogP contribution in [0.2, 0.25) is 0 Å². The van der Waals surface area contributed by atoms with Gasteiger partial charge in [-0.1, -0.05) is 36.0 Å². The highest BCUT2D eigenvalue weighted by molar-refractivity contribution is 7.99. The van der Waals surface area contributed by atoms with Crippen LogP contribution < -0.4 is 5.32 Å². The SMILES string of the molecule is CCOC(=O)c1cccc(Nc2c(F)c3c(c(F)c2Sc2ccccc2)C(=O)c2c(O)ccc(O)c2C3=O)c1. The Morgan fingerprint density at radius 2 is 1.46 bits per heavy atom. The number of ketones is 2. The minimum Gasteiger partial charge on any atom is -0.507 e. The first-order valence-electron chi connectivity index (χ1n) is 11.7. The van der Waals surface area contributed by atoms with Crippen molar-refractivity contribution in [2.45, 2.75) is 16.7 Å². The molecule has 0 heterocycles. The van der Waals surface area contributed by atoms with E-state index in [4.69, 9.17) is 4.74 Å². The molecule has 0 aromatic heterocycles. The van der Waals surface area contributed by atoms with E-state index in [-0.39, 0.29) is 22.8 Å². The predicted octanol–water partition coefficient (Wildman–Crippen LogP) is 6.22. The molecular weight excluding hydrogens is 528 g/mol. The standard InChI is InChI=1S/C29H19F2NO6S/c1-2-38-29(37)14-7-6-8-15(13-14)32-25-23(30)21-22(24(31)28(25)39-16-9-4-3-5-10-16)27(36)20-18(34)12-11-17(33)19(20)26(21)35/h3-13,32-34H,2H2,1H3. The van der Waals surface area contributed by atoms with E-state index in [1.54, 1.807) is 37.3 Å². The predicted molar refractivity (Wildman–Crippen MR) is 139 cm³/mol. The average Bonchev–Trinajstić information content (AvgIpc) is 2.93. The van der Waals surface area contributed by atoms with Crippen molar-refractivity contribution in [3.8, 4) is 11.5 Å². The molecule has 0 spiro atoms. The summed E-state index contributed by atoms with van der Waals surface area (Å²) in [5, 5.41) is 23.3. The molecule has 5 rings (SSSR count). The summed E-state index contributed by atoms with van der Waals surface area (Å²) in [6.07, 6.45) is 0. The van der Waals surface area contributed by atoms with Gasteiger partial charge in [0.25, 0.3) is 0 Å². The van der Waals surface area contributed by atoms with Crippen molar-refractivity contribution in [1.82, 2.24) is 0 Å². The van der Waals surface area contributed by atoms with Crippen LogP contribution >= 0.6 is 11.8 Å². The highest BCUT2D eigenvalue weighted by Crippen LogP contribution is 2.46. The number of anilines is 2. The molecule has 0 saturated carbocycles. The van der Waals surface area contributed by atoms with Gasteiger partial charge in [0.15, 0.2) is 11.6 Å². The van der Waals surface area contributed by atoms with E-state index in [0.29, 0.717) is 4.90 Å². The molecule has 3 N–H and O–H groups in total. The molecule has 0 aliphatic heterocycles. The number of esters is 1. The molecule has 0 saturated heterocycles. The Kier molecular flexibility index (Phi) is 6.80. The van der Waals surface area contributed by atoms with Crippen molar-refractivity contribution in [2.75, 3.05) is 11.9 Å². The van der Waals surface area contributed by atoms with Crippen LogP contribution in [-0.4, -0.2) is 34.4 Å². The fraction of sp³-hybridized carbons (Fsp3) is 0.0690. The van der Waals surface area contributed by atoms with Crippen LogP contribution in [0, 0.1) is 11.6 Å². The summed E-state index contributed by atoms with van der Waals surface area (Å²) < 4.78 is 37.5. The molecule has 10 heteroatoms. The second-order valence-electron chi connectivity index (χ2n) is 8.44. The summed E-state index contributed by atoms with van der Waals surface area (Å²) in [5.41, 5.74) is -3.08. The van der Waals surface area contributed by atoms with Gasteiger partial charge in [-0.25, -0.2) is 13.6 Å². The van der Waals surface area contributed by atoms with Crippen molar-refractivity contribution in [3.05, 3.63) is 106 Å². The summed E-state index contributed by atoms with van der Waals surface area (Å²) in [5.74, 6) is -6.66. The van der Waals surface area contributed by atoms with Crippen LogP contribution in [0.4, 0.5) is 20.2 Å². The Hall–Kier alpha value is -4.70. The van der Waals surface area contributed by atoms with Crippen LogP contribution in [0.15, 0.2) is 76.5 Å². The van der Waals surface area contributed by atoms with Crippen LogP contribution in [0.5, 0.6) is 11.5 Å². The van der Waals surface area contributed by atoms with E-state index in [9.17, 15) is 24.6 Å². The van der Waals surface area contributed by atoms with Gasteiger partial charge in [0.1, 0.15) is 11.5 Å². The molecule has 0 fully saturated rings. The zero-order valence-corrected chi connectivity index (χ0v) is 21.1. The van der Waals surface area contributed by atoms with Gasteiger partial charge in [0.2, 0.25) is 11.6 Å². The third-order valence-corrected chi connectivity index (χ3v) is 7.11. The van der Waals surface area contributed by atoms with Gasteiger partial charge in [-0.3, -0.25) is 9.59 Å². The largest absolute Gasteiger partial charge is 0.507 e. The number of nitrogens with one attached hydrogen (secondary N) is 1. The number of aromatic hydroxyl groups is 2. The molecule has 7 nitrogen and oxygen atoms in total. The average molecular weight is 548 g/mol. The Balaban J connectivity index is 1.73. The fourth-order valence-electron chi connectivity index (χ4n) is 4.28. The van der Waals surface area contributed by atoms with Gasteiger partial charge < -0.3 is 20.3 Å². The van der Waals surface area contributed by atoms with E-state index < -0.39 is 68.6 Å². The molecule has 0 amide bonds. The van der Waals surface area contributed by atoms with Crippen molar-refractivity contribution in [2.24, 2.45) is 0 Å². The number of fused-ring (bicyclic) bond motifs is 2. The van der Waals surface area contributed by atoms with Crippen molar-refractivity contribution >= 4 is 40.7 Å². The summed E-state index contributed by atoms with van der Waals surface area (Å²) in [4.78, 5) is 39.1. The number of carbonyl (C=O) groups is 3. The highest BCUT2D eigenvalue weighted by atomic mass is 32.2. The first kappa shape index (κ1) is 25.9. The Labute approximate surface area is 225 Å². The number of carbonyl (C=O) groups excluding carboxylic acids is 3. The molecule has 0 atom stereocenters. The van der Waals surface area contributed by atoms with Gasteiger partial charge in [-0.2, -0.15) is 0 Å². The van der Waals surface area contributed by atoms with Crippen LogP contribution in [0.3, 0.4) is 0 Å². The first-order chi connectivity index (χ1) is 18.7. The van der Waals surface area contributed by atoms with E-state index >= 15 is 8.78 Å². The van der Waals surface area contributed by atoms with Crippen LogP contribution in [0.25, 0.3) is 0 Å². The molecule has 4 aromatic carbocycles. The summed E-state index contributed by atoms with van der Waals surface area (Å²) in [6.45, 7) is 1.78. The van der Waals surface area contributed by atoms with Crippen molar-refractivity contribution < 1.29 is 38.1 Å². The van der Waals surface area contributed by atoms with Crippen molar-refractivity contribution in [3.63, 3.8) is 0 Å². The topological polar surface area (TPSA) is 113 Å². The third-order valence-electron chi connectivity index (χ3n) is 6.01. The maximum absolute atomic E-state index is 16.3. The lowest BCUT2D eigenvalue weighted by Gasteiger charge is -2.24. The molecule has 0 bridgehead atoms. The monoisotopic (exact) mass is 547 g/mol. The molecule has 4 aromatic rings. The highest BCUT2D eigenvalue weighted by Gasteiger charge is 2.41. The molecule has 1 aliphatic carbocycles. The van der Waals surface area contributed by atoms with Gasteiger partial charge >= 0.3 is 5.97 Å². The van der Waals surface area contributed by atoms with Gasteiger partial charge in [0.05, 0.1) is 45.0 Å². The number of halogens is 2. The lowest BCUT2D eigenvalue weighted by Crippen LogP contribution is -2.25. The lowest BCUT2D eigenvalue weighted by atomic mass is 9.82. The number of phenols is 2. The van der Waals surface area contributed by atoms with E-state index in [0.717, 1.165) is 23.9 Å². The first-order valence-corrected chi connectivity index (χ1v) is 12.5. The number of hydrogen-bond donors (Lipinski definition) is 3. The quantitative estimate of drug-likeness (QED) is 0.170. The fourth-order valence-corrected chi connectivity index (χ4v) is 5.24. The van der Waals surface area contributed by atoms with Crippen LogP contribution in [0.1, 0.15) is 49.1 Å². The zero-order chi connectivity index (χ0) is 27.8. The van der Waals surface area contributed by atoms with E-state index in [1.165, 1.54) is 24.3 Å². The molecule has 196 valence electrons. The maximum atomic E-state index is 16.3. The molecule has 1 aliphatic rings. The molecular formula is C29H19F2NO6S. The van der Waals surface area contributed by atoms with Gasteiger partial charge in [0, 0.05) is 10.6 Å².